The minimum Gasteiger partial charge on any atom is -0.451 e. The van der Waals surface area contributed by atoms with Crippen LogP contribution in [0.4, 0.5) is 4.79 Å². The van der Waals surface area contributed by atoms with Gasteiger partial charge in [-0.15, -0.1) is 0 Å². The maximum absolute atomic E-state index is 12.4. The molecule has 0 bridgehead atoms. The van der Waals surface area contributed by atoms with Gasteiger partial charge in [-0.3, -0.25) is 4.84 Å². The van der Waals surface area contributed by atoms with Crippen LogP contribution in [0.15, 0.2) is 51.5 Å². The van der Waals surface area contributed by atoms with E-state index in [9.17, 15) is 4.79 Å². The summed E-state index contributed by atoms with van der Waals surface area (Å²) in [6.07, 6.45) is -0.566. The first-order chi connectivity index (χ1) is 14.5. The summed E-state index contributed by atoms with van der Waals surface area (Å²) in [6, 6.07) is 13.1. The van der Waals surface area contributed by atoms with Crippen molar-refractivity contribution in [1.29, 1.82) is 0 Å². The average molecular weight is 469 g/mol. The third-order valence-corrected chi connectivity index (χ3v) is 5.62. The standard InChI is InChI=1S/C21H17BrN4O4/c1-11-23-20(25-30-11)13-5-3-12(4-6-13)19-18-16(10-29-26(19)21(27)28-2)15-9-14(22)7-8-17(15)24-18/h3-9,19,24H,10H2,1-2H3. The van der Waals surface area contributed by atoms with Crippen LogP contribution in [-0.2, 0) is 16.2 Å². The number of ether oxygens (including phenoxy) is 1. The van der Waals surface area contributed by atoms with E-state index in [0.29, 0.717) is 11.7 Å². The normalized spacial score (nSPS) is 16.0. The molecule has 8 nitrogen and oxygen atoms in total. The summed E-state index contributed by atoms with van der Waals surface area (Å²) in [7, 11) is 1.34. The molecule has 3 heterocycles. The Bertz CT molecular complexity index is 1250. The number of halogens is 1. The second-order valence-corrected chi connectivity index (χ2v) is 7.85. The Balaban J connectivity index is 1.62. The number of methoxy groups -OCH3 is 1. The average Bonchev–Trinajstić information content (AvgIpc) is 3.36. The molecule has 0 saturated heterocycles. The molecule has 1 aliphatic heterocycles. The van der Waals surface area contributed by atoms with Crippen LogP contribution in [0.5, 0.6) is 0 Å². The van der Waals surface area contributed by atoms with Crippen molar-refractivity contribution in [1.82, 2.24) is 20.2 Å². The van der Waals surface area contributed by atoms with E-state index in [2.05, 4.69) is 31.1 Å². The van der Waals surface area contributed by atoms with Crippen LogP contribution in [0, 0.1) is 6.92 Å². The van der Waals surface area contributed by atoms with Gasteiger partial charge in [0.1, 0.15) is 12.6 Å². The molecule has 0 radical (unpaired) electrons. The molecule has 0 spiro atoms. The van der Waals surface area contributed by atoms with E-state index in [1.54, 1.807) is 6.92 Å². The number of carbonyl (C=O) groups excluding carboxylic acids is 1. The highest BCUT2D eigenvalue weighted by atomic mass is 79.9. The number of carbonyl (C=O) groups is 1. The molecule has 9 heteroatoms. The number of hydrogen-bond donors (Lipinski definition) is 1. The second kappa shape index (κ2) is 7.26. The summed E-state index contributed by atoms with van der Waals surface area (Å²) in [5.74, 6) is 1.01. The van der Waals surface area contributed by atoms with Gasteiger partial charge in [-0.1, -0.05) is 45.4 Å². The molecule has 0 fully saturated rings. The molecule has 1 aliphatic rings. The number of nitrogens with zero attached hydrogens (tertiary/aromatic N) is 3. The van der Waals surface area contributed by atoms with Gasteiger partial charge in [0.05, 0.1) is 12.8 Å². The zero-order valence-corrected chi connectivity index (χ0v) is 17.8. The van der Waals surface area contributed by atoms with Crippen LogP contribution < -0.4 is 0 Å². The summed E-state index contributed by atoms with van der Waals surface area (Å²) < 4.78 is 11.0. The third-order valence-electron chi connectivity index (χ3n) is 5.12. The molecule has 152 valence electrons. The Labute approximate surface area is 179 Å². The van der Waals surface area contributed by atoms with Gasteiger partial charge in [-0.2, -0.15) is 10.0 Å². The van der Waals surface area contributed by atoms with E-state index in [4.69, 9.17) is 14.1 Å². The first kappa shape index (κ1) is 18.8. The molecule has 1 atom stereocenters. The predicted molar refractivity (Wildman–Crippen MR) is 111 cm³/mol. The van der Waals surface area contributed by atoms with Gasteiger partial charge >= 0.3 is 6.09 Å². The second-order valence-electron chi connectivity index (χ2n) is 6.94. The van der Waals surface area contributed by atoms with Crippen LogP contribution in [0.3, 0.4) is 0 Å². The highest BCUT2D eigenvalue weighted by Gasteiger charge is 2.36. The molecule has 2 aromatic carbocycles. The Morgan fingerprint density at radius 2 is 2.07 bits per heavy atom. The van der Waals surface area contributed by atoms with Gasteiger partial charge in [-0.25, -0.2) is 4.79 Å². The quantitative estimate of drug-likeness (QED) is 0.449. The smallest absolute Gasteiger partial charge is 0.434 e. The fourth-order valence-corrected chi connectivity index (χ4v) is 4.10. The Morgan fingerprint density at radius 1 is 1.27 bits per heavy atom. The monoisotopic (exact) mass is 468 g/mol. The maximum atomic E-state index is 12.4. The molecular weight excluding hydrogens is 452 g/mol. The van der Waals surface area contributed by atoms with Crippen LogP contribution >= 0.6 is 15.9 Å². The minimum atomic E-state index is -0.566. The number of rotatable bonds is 2. The van der Waals surface area contributed by atoms with Gasteiger partial charge < -0.3 is 14.2 Å². The predicted octanol–water partition coefficient (Wildman–Crippen LogP) is 4.89. The molecule has 4 aromatic rings. The van der Waals surface area contributed by atoms with Crippen molar-refractivity contribution in [3.8, 4) is 11.4 Å². The van der Waals surface area contributed by atoms with Gasteiger partial charge in [-0.05, 0) is 23.8 Å². The third kappa shape index (κ3) is 3.06. The van der Waals surface area contributed by atoms with Gasteiger partial charge in [0, 0.05) is 33.4 Å². The summed E-state index contributed by atoms with van der Waals surface area (Å²) in [5.41, 5.74) is 4.55. The molecule has 1 N–H and O–H groups in total. The number of fused-ring (bicyclic) bond motifs is 3. The van der Waals surface area contributed by atoms with Gasteiger partial charge in [0.25, 0.3) is 0 Å². The Kier molecular flexibility index (Phi) is 4.56. The van der Waals surface area contributed by atoms with Crippen molar-refractivity contribution in [2.45, 2.75) is 19.6 Å². The highest BCUT2D eigenvalue weighted by Crippen LogP contribution is 2.40. The van der Waals surface area contributed by atoms with Gasteiger partial charge in [0.2, 0.25) is 11.7 Å². The molecular formula is C21H17BrN4O4. The fourth-order valence-electron chi connectivity index (χ4n) is 3.74. The fraction of sp³-hybridized carbons (Fsp3) is 0.190. The SMILES string of the molecule is COC(=O)N1OCc2c([nH]c3ccc(Br)cc23)C1c1ccc(-c2noc(C)n2)cc1. The molecule has 0 saturated carbocycles. The van der Waals surface area contributed by atoms with E-state index < -0.39 is 12.1 Å². The number of aromatic amines is 1. The number of H-pyrrole nitrogens is 1. The molecule has 2 aromatic heterocycles. The van der Waals surface area contributed by atoms with Crippen LogP contribution in [0.25, 0.3) is 22.3 Å². The highest BCUT2D eigenvalue weighted by molar-refractivity contribution is 9.10. The number of hydroxylamine groups is 2. The molecule has 30 heavy (non-hydrogen) atoms. The van der Waals surface area contributed by atoms with Crippen LogP contribution in [0.1, 0.15) is 28.8 Å². The van der Waals surface area contributed by atoms with Crippen LogP contribution in [0.2, 0.25) is 0 Å². The number of nitrogens with one attached hydrogen (secondary N) is 1. The lowest BCUT2D eigenvalue weighted by molar-refractivity contribution is -0.173. The van der Waals surface area contributed by atoms with Crippen LogP contribution in [-0.4, -0.2) is 33.4 Å². The van der Waals surface area contributed by atoms with E-state index in [-0.39, 0.29) is 6.61 Å². The number of aryl methyl sites for hydroxylation is 1. The first-order valence-corrected chi connectivity index (χ1v) is 10.0. The van der Waals surface area contributed by atoms with E-state index in [1.165, 1.54) is 12.2 Å². The molecule has 1 amide bonds. The largest absolute Gasteiger partial charge is 0.451 e. The van der Waals surface area contributed by atoms with E-state index >= 15 is 0 Å². The lowest BCUT2D eigenvalue weighted by Gasteiger charge is -2.33. The van der Waals surface area contributed by atoms with Crippen molar-refractivity contribution in [3.05, 3.63) is 69.6 Å². The Morgan fingerprint density at radius 3 is 2.77 bits per heavy atom. The minimum absolute atomic E-state index is 0.262. The van der Waals surface area contributed by atoms with E-state index in [1.807, 2.05) is 42.5 Å². The number of hydrogen-bond acceptors (Lipinski definition) is 6. The van der Waals surface area contributed by atoms with Crippen molar-refractivity contribution in [2.24, 2.45) is 0 Å². The molecule has 1 unspecified atom stereocenters. The Hall–Kier alpha value is -3.17. The summed E-state index contributed by atoms with van der Waals surface area (Å²) in [4.78, 5) is 26.0. The number of amides is 1. The van der Waals surface area contributed by atoms with Crippen molar-refractivity contribution in [2.75, 3.05) is 7.11 Å². The van der Waals surface area contributed by atoms with Crippen molar-refractivity contribution in [3.63, 3.8) is 0 Å². The molecule has 0 aliphatic carbocycles. The first-order valence-electron chi connectivity index (χ1n) is 9.26. The van der Waals surface area contributed by atoms with Gasteiger partial charge in [0.15, 0.2) is 0 Å². The zero-order valence-electron chi connectivity index (χ0n) is 16.2. The van der Waals surface area contributed by atoms with E-state index in [0.717, 1.165) is 37.8 Å². The lowest BCUT2D eigenvalue weighted by atomic mass is 9.97. The molecule has 5 rings (SSSR count). The topological polar surface area (TPSA) is 93.5 Å². The summed E-state index contributed by atoms with van der Waals surface area (Å²) in [6.45, 7) is 2.01. The zero-order chi connectivity index (χ0) is 20.8. The number of aromatic nitrogens is 3. The summed E-state index contributed by atoms with van der Waals surface area (Å²) >= 11 is 3.52. The lowest BCUT2D eigenvalue weighted by Crippen LogP contribution is -2.38. The maximum Gasteiger partial charge on any atom is 0.434 e. The van der Waals surface area contributed by atoms with Crippen molar-refractivity contribution >= 4 is 32.9 Å². The summed E-state index contributed by atoms with van der Waals surface area (Å²) in [5, 5.41) is 6.26. The van der Waals surface area contributed by atoms with Crippen molar-refractivity contribution < 1.29 is 18.9 Å². The number of benzene rings is 2.